The molecule has 0 atom stereocenters. The van der Waals surface area contributed by atoms with Crippen molar-refractivity contribution in [3.8, 4) is 22.3 Å². The molecule has 0 saturated heterocycles. The van der Waals surface area contributed by atoms with E-state index in [1.54, 1.807) is 0 Å². The minimum absolute atomic E-state index is 0.0581. The summed E-state index contributed by atoms with van der Waals surface area (Å²) in [4.78, 5) is 2.54. The molecule has 0 N–H and O–H groups in total. The van der Waals surface area contributed by atoms with Gasteiger partial charge in [0.2, 0.25) is 0 Å². The van der Waals surface area contributed by atoms with Crippen molar-refractivity contribution in [2.24, 2.45) is 0 Å². The Hall–Kier alpha value is -5.14. The molecule has 1 aliphatic carbocycles. The van der Waals surface area contributed by atoms with E-state index in [0.717, 1.165) is 0 Å². The highest BCUT2D eigenvalue weighted by Gasteiger charge is 2.38. The lowest BCUT2D eigenvalue weighted by atomic mass is 9.73. The van der Waals surface area contributed by atoms with Crippen LogP contribution in [0.5, 0.6) is 0 Å². The van der Waals surface area contributed by atoms with Gasteiger partial charge in [0, 0.05) is 21.6 Å². The number of anilines is 3. The minimum atomic E-state index is -0.110. The van der Waals surface area contributed by atoms with Crippen LogP contribution >= 0.6 is 0 Å². The van der Waals surface area contributed by atoms with Gasteiger partial charge in [-0.25, -0.2) is 0 Å². The predicted octanol–water partition coefficient (Wildman–Crippen LogP) is 12.4. The molecule has 0 bridgehead atoms. The topological polar surface area (TPSA) is 3.24 Å². The van der Waals surface area contributed by atoms with E-state index in [2.05, 4.69) is 173 Å². The summed E-state index contributed by atoms with van der Waals surface area (Å²) in [7, 11) is 0. The van der Waals surface area contributed by atoms with E-state index in [4.69, 9.17) is 0 Å². The average molecular weight is 592 g/mol. The van der Waals surface area contributed by atoms with Crippen molar-refractivity contribution in [3.63, 3.8) is 0 Å². The largest absolute Gasteiger partial charge is 0.309 e. The molecule has 46 heavy (non-hydrogen) atoms. The second kappa shape index (κ2) is 9.44. The summed E-state index contributed by atoms with van der Waals surface area (Å²) >= 11 is 0. The van der Waals surface area contributed by atoms with Crippen molar-refractivity contribution in [2.75, 3.05) is 4.90 Å². The standard InChI is InChI=1S/C45H37N/c1-28-22-24-34-35(26-28)42(29-23-25-31-30-14-8-9-17-36(30)44(2,3)39(31)27-29)32-15-6-7-16-33(32)43(34)46-40-20-12-10-18-37(40)45(4,5)38-19-11-13-21-41(38)46/h6-27H,1-5H3. The fraction of sp³-hybridized carbons (Fsp3) is 0.156. The lowest BCUT2D eigenvalue weighted by Crippen LogP contribution is -2.30. The molecule has 0 radical (unpaired) electrons. The van der Waals surface area contributed by atoms with Crippen molar-refractivity contribution >= 4 is 38.6 Å². The Morgan fingerprint density at radius 2 is 0.978 bits per heavy atom. The molecule has 0 fully saturated rings. The molecule has 1 heterocycles. The summed E-state index contributed by atoms with van der Waals surface area (Å²) in [5, 5.41) is 5.11. The van der Waals surface area contributed by atoms with Gasteiger partial charge in [-0.1, -0.05) is 149 Å². The van der Waals surface area contributed by atoms with Crippen LogP contribution in [-0.2, 0) is 10.8 Å². The summed E-state index contributed by atoms with van der Waals surface area (Å²) in [6.07, 6.45) is 0. The van der Waals surface area contributed by atoms with Gasteiger partial charge in [0.1, 0.15) is 0 Å². The molecular weight excluding hydrogens is 555 g/mol. The summed E-state index contributed by atoms with van der Waals surface area (Å²) in [5.74, 6) is 0. The molecule has 0 spiro atoms. The van der Waals surface area contributed by atoms with Crippen LogP contribution in [0, 0.1) is 6.92 Å². The number of para-hydroxylation sites is 2. The smallest absolute Gasteiger partial charge is 0.0619 e. The third kappa shape index (κ3) is 3.57. The summed E-state index contributed by atoms with van der Waals surface area (Å²) in [6, 6.07) is 50.2. The number of nitrogens with zero attached hydrogens (tertiary/aromatic N) is 1. The Labute approximate surface area is 271 Å². The fourth-order valence-corrected chi connectivity index (χ4v) is 8.59. The maximum Gasteiger partial charge on any atom is 0.0619 e. The first kappa shape index (κ1) is 27.2. The van der Waals surface area contributed by atoms with E-state index in [0.29, 0.717) is 0 Å². The van der Waals surface area contributed by atoms with Gasteiger partial charge in [-0.2, -0.15) is 0 Å². The lowest BCUT2D eigenvalue weighted by Gasteiger charge is -2.42. The molecule has 1 aliphatic heterocycles. The molecule has 222 valence electrons. The Bertz CT molecular complexity index is 2340. The highest BCUT2D eigenvalue weighted by atomic mass is 15.2. The first-order chi connectivity index (χ1) is 22.3. The van der Waals surface area contributed by atoms with Crippen LogP contribution in [0.3, 0.4) is 0 Å². The Balaban J connectivity index is 1.38. The fourth-order valence-electron chi connectivity index (χ4n) is 8.59. The molecule has 0 saturated carbocycles. The van der Waals surface area contributed by atoms with Crippen LogP contribution in [0.15, 0.2) is 133 Å². The molecular formula is C45H37N. The first-order valence-corrected chi connectivity index (χ1v) is 16.5. The molecule has 0 amide bonds. The van der Waals surface area contributed by atoms with Gasteiger partial charge < -0.3 is 4.90 Å². The maximum absolute atomic E-state index is 2.54. The quantitative estimate of drug-likeness (QED) is 0.181. The molecule has 7 aromatic carbocycles. The number of rotatable bonds is 2. The van der Waals surface area contributed by atoms with E-state index in [1.165, 1.54) is 88.7 Å². The van der Waals surface area contributed by atoms with Crippen LogP contribution < -0.4 is 4.90 Å². The minimum Gasteiger partial charge on any atom is -0.309 e. The van der Waals surface area contributed by atoms with Crippen LogP contribution in [0.2, 0.25) is 0 Å². The number of hydrogen-bond acceptors (Lipinski definition) is 1. The van der Waals surface area contributed by atoms with E-state index in [-0.39, 0.29) is 10.8 Å². The second-order valence-electron chi connectivity index (χ2n) is 14.2. The first-order valence-electron chi connectivity index (χ1n) is 16.5. The van der Waals surface area contributed by atoms with Gasteiger partial charge in [-0.3, -0.25) is 0 Å². The SMILES string of the molecule is Cc1ccc2c(N3c4ccccc4C(C)(C)c4ccccc43)c3ccccc3c(-c3ccc4c(c3)C(C)(C)c3ccccc3-4)c2c1. The van der Waals surface area contributed by atoms with Crippen LogP contribution in [0.4, 0.5) is 17.1 Å². The zero-order valence-electron chi connectivity index (χ0n) is 27.1. The van der Waals surface area contributed by atoms with Crippen LogP contribution in [0.25, 0.3) is 43.8 Å². The summed E-state index contributed by atoms with van der Waals surface area (Å²) in [5.41, 5.74) is 15.7. The zero-order chi connectivity index (χ0) is 31.4. The van der Waals surface area contributed by atoms with Gasteiger partial charge in [-0.05, 0) is 80.4 Å². The third-order valence-electron chi connectivity index (χ3n) is 10.9. The van der Waals surface area contributed by atoms with Crippen LogP contribution in [-0.4, -0.2) is 0 Å². The van der Waals surface area contributed by atoms with E-state index < -0.39 is 0 Å². The van der Waals surface area contributed by atoms with E-state index in [9.17, 15) is 0 Å². The average Bonchev–Trinajstić information content (AvgIpc) is 3.30. The molecule has 1 nitrogen and oxygen atoms in total. The Kier molecular flexibility index (Phi) is 5.58. The monoisotopic (exact) mass is 591 g/mol. The molecule has 9 rings (SSSR count). The Morgan fingerprint density at radius 3 is 1.70 bits per heavy atom. The number of hydrogen-bond donors (Lipinski definition) is 0. The number of fused-ring (bicyclic) bond motifs is 7. The van der Waals surface area contributed by atoms with Crippen molar-refractivity contribution < 1.29 is 0 Å². The molecule has 1 heteroatoms. The maximum atomic E-state index is 2.54. The highest BCUT2D eigenvalue weighted by molar-refractivity contribution is 6.23. The number of benzene rings is 7. The van der Waals surface area contributed by atoms with E-state index >= 15 is 0 Å². The van der Waals surface area contributed by atoms with Crippen LogP contribution in [0.1, 0.15) is 55.5 Å². The molecule has 0 unspecified atom stereocenters. The third-order valence-corrected chi connectivity index (χ3v) is 10.9. The van der Waals surface area contributed by atoms with Crippen molar-refractivity contribution in [1.82, 2.24) is 0 Å². The van der Waals surface area contributed by atoms with Gasteiger partial charge in [0.05, 0.1) is 17.1 Å². The second-order valence-corrected chi connectivity index (χ2v) is 14.2. The van der Waals surface area contributed by atoms with Crippen molar-refractivity contribution in [3.05, 3.63) is 161 Å². The zero-order valence-corrected chi connectivity index (χ0v) is 27.1. The summed E-state index contributed by atoms with van der Waals surface area (Å²) < 4.78 is 0. The molecule has 0 aromatic heterocycles. The van der Waals surface area contributed by atoms with Gasteiger partial charge in [0.15, 0.2) is 0 Å². The summed E-state index contributed by atoms with van der Waals surface area (Å²) in [6.45, 7) is 11.7. The Morgan fingerprint density at radius 1 is 0.435 bits per heavy atom. The van der Waals surface area contributed by atoms with Gasteiger partial charge in [0.25, 0.3) is 0 Å². The lowest BCUT2D eigenvalue weighted by molar-refractivity contribution is 0.632. The predicted molar refractivity (Wildman–Crippen MR) is 196 cm³/mol. The van der Waals surface area contributed by atoms with Crippen molar-refractivity contribution in [1.29, 1.82) is 0 Å². The normalized spacial score (nSPS) is 15.4. The number of aryl methyl sites for hydroxylation is 1. The van der Waals surface area contributed by atoms with Gasteiger partial charge in [-0.15, -0.1) is 0 Å². The van der Waals surface area contributed by atoms with E-state index in [1.807, 2.05) is 0 Å². The molecule has 2 aliphatic rings. The molecule has 7 aromatic rings. The highest BCUT2D eigenvalue weighted by Crippen LogP contribution is 2.56. The van der Waals surface area contributed by atoms with Gasteiger partial charge >= 0.3 is 0 Å². The van der Waals surface area contributed by atoms with Crippen molar-refractivity contribution in [2.45, 2.75) is 45.4 Å².